The molecule has 0 amide bonds. The second kappa shape index (κ2) is 8.69. The van der Waals surface area contributed by atoms with Crippen LogP contribution in [0.2, 0.25) is 5.02 Å². The van der Waals surface area contributed by atoms with Gasteiger partial charge in [0.1, 0.15) is 5.52 Å². The van der Waals surface area contributed by atoms with Gasteiger partial charge in [0.15, 0.2) is 5.75 Å². The summed E-state index contributed by atoms with van der Waals surface area (Å²) in [6.07, 6.45) is 2.43. The van der Waals surface area contributed by atoms with Crippen LogP contribution in [0.15, 0.2) is 60.8 Å². The lowest BCUT2D eigenvalue weighted by atomic mass is 9.94. The van der Waals surface area contributed by atoms with Crippen LogP contribution < -0.4 is 10.1 Å². The van der Waals surface area contributed by atoms with Gasteiger partial charge in [-0.3, -0.25) is 0 Å². The molecule has 0 aliphatic heterocycles. The van der Waals surface area contributed by atoms with Crippen molar-refractivity contribution in [3.8, 4) is 28.0 Å². The fraction of sp³-hybridized carbons (Fsp3) is 0.167. The number of fused-ring (bicyclic) bond motifs is 1. The van der Waals surface area contributed by atoms with Gasteiger partial charge in [-0.05, 0) is 46.9 Å². The van der Waals surface area contributed by atoms with E-state index in [0.29, 0.717) is 23.1 Å². The minimum Gasteiger partial charge on any atom is -0.494 e. The summed E-state index contributed by atoms with van der Waals surface area (Å²) in [5.41, 5.74) is 5.69. The predicted octanol–water partition coefficient (Wildman–Crippen LogP) is 5.20. The topological polar surface area (TPSA) is 67.3 Å². The minimum atomic E-state index is 0.126. The van der Waals surface area contributed by atoms with Gasteiger partial charge < -0.3 is 15.2 Å². The van der Waals surface area contributed by atoms with Crippen molar-refractivity contribution in [1.29, 1.82) is 0 Å². The first-order valence-electron chi connectivity index (χ1n) is 9.66. The standard InChI is InChI=1S/C24H22ClN3O2/c1-26-24-27-14-21-19(17-4-3-5-18(25)12-17)13-20(23(30-2)22(21)28-24)16-8-6-15(7-9-16)10-11-29/h3-9,12-14,29H,10-11H2,1-2H3,(H,26,27,28). The fourth-order valence-electron chi connectivity index (χ4n) is 3.58. The third-order valence-electron chi connectivity index (χ3n) is 5.06. The van der Waals surface area contributed by atoms with Gasteiger partial charge in [-0.15, -0.1) is 0 Å². The van der Waals surface area contributed by atoms with Gasteiger partial charge in [0, 0.05) is 35.8 Å². The molecule has 3 aromatic carbocycles. The van der Waals surface area contributed by atoms with Crippen molar-refractivity contribution in [3.63, 3.8) is 0 Å². The number of hydrogen-bond acceptors (Lipinski definition) is 5. The molecule has 0 saturated carbocycles. The number of nitrogens with one attached hydrogen (secondary N) is 1. The molecule has 5 nitrogen and oxygen atoms in total. The zero-order chi connectivity index (χ0) is 21.1. The lowest BCUT2D eigenvalue weighted by Gasteiger charge is -2.16. The van der Waals surface area contributed by atoms with E-state index >= 15 is 0 Å². The molecule has 0 unspecified atom stereocenters. The first-order valence-corrected chi connectivity index (χ1v) is 10.0. The molecule has 4 rings (SSSR count). The molecule has 1 heterocycles. The maximum absolute atomic E-state index is 9.19. The van der Waals surface area contributed by atoms with Crippen LogP contribution in [0.1, 0.15) is 5.56 Å². The molecule has 0 saturated heterocycles. The third-order valence-corrected chi connectivity index (χ3v) is 5.29. The number of rotatable bonds is 6. The maximum atomic E-state index is 9.19. The molecule has 2 N–H and O–H groups in total. The summed E-state index contributed by atoms with van der Waals surface area (Å²) in [5.74, 6) is 1.21. The number of aromatic nitrogens is 2. The number of anilines is 1. The Morgan fingerprint density at radius 3 is 2.50 bits per heavy atom. The van der Waals surface area contributed by atoms with Crippen molar-refractivity contribution in [2.45, 2.75) is 6.42 Å². The summed E-state index contributed by atoms with van der Waals surface area (Å²) in [5, 5.41) is 13.7. The zero-order valence-electron chi connectivity index (χ0n) is 16.8. The number of halogens is 1. The molecule has 4 aromatic rings. The maximum Gasteiger partial charge on any atom is 0.223 e. The van der Waals surface area contributed by atoms with Crippen LogP contribution in [0.25, 0.3) is 33.2 Å². The Bertz CT molecular complexity index is 1190. The molecule has 0 radical (unpaired) electrons. The molecular weight excluding hydrogens is 398 g/mol. The van der Waals surface area contributed by atoms with E-state index in [1.165, 1.54) is 0 Å². The van der Waals surface area contributed by atoms with Crippen molar-refractivity contribution in [2.75, 3.05) is 26.1 Å². The average molecular weight is 420 g/mol. The van der Waals surface area contributed by atoms with E-state index in [0.717, 1.165) is 38.7 Å². The summed E-state index contributed by atoms with van der Waals surface area (Å²) < 4.78 is 5.82. The van der Waals surface area contributed by atoms with Gasteiger partial charge in [0.05, 0.1) is 7.11 Å². The van der Waals surface area contributed by atoms with E-state index in [-0.39, 0.29) is 6.61 Å². The normalized spacial score (nSPS) is 10.9. The number of ether oxygens (including phenoxy) is 1. The van der Waals surface area contributed by atoms with Gasteiger partial charge in [0.25, 0.3) is 0 Å². The molecule has 0 aliphatic carbocycles. The quantitative estimate of drug-likeness (QED) is 0.449. The van der Waals surface area contributed by atoms with E-state index in [9.17, 15) is 5.11 Å². The molecule has 0 fully saturated rings. The Morgan fingerprint density at radius 1 is 1.03 bits per heavy atom. The minimum absolute atomic E-state index is 0.126. The highest BCUT2D eigenvalue weighted by Crippen LogP contribution is 2.42. The molecule has 0 bridgehead atoms. The largest absolute Gasteiger partial charge is 0.494 e. The van der Waals surface area contributed by atoms with Gasteiger partial charge in [-0.25, -0.2) is 9.97 Å². The summed E-state index contributed by atoms with van der Waals surface area (Å²) in [7, 11) is 3.44. The lowest BCUT2D eigenvalue weighted by Crippen LogP contribution is -2.00. The smallest absolute Gasteiger partial charge is 0.223 e. The monoisotopic (exact) mass is 419 g/mol. The van der Waals surface area contributed by atoms with Crippen molar-refractivity contribution in [1.82, 2.24) is 9.97 Å². The first kappa shape index (κ1) is 20.1. The Labute approximate surface area is 180 Å². The van der Waals surface area contributed by atoms with E-state index in [1.807, 2.05) is 48.5 Å². The second-order valence-electron chi connectivity index (χ2n) is 6.89. The number of aliphatic hydroxyl groups excluding tert-OH is 1. The van der Waals surface area contributed by atoms with Crippen LogP contribution in [-0.4, -0.2) is 35.8 Å². The van der Waals surface area contributed by atoms with Crippen LogP contribution in [0.5, 0.6) is 5.75 Å². The van der Waals surface area contributed by atoms with Crippen LogP contribution in [-0.2, 0) is 6.42 Å². The first-order chi connectivity index (χ1) is 14.6. The molecular formula is C24H22ClN3O2. The van der Waals surface area contributed by atoms with Gasteiger partial charge >= 0.3 is 0 Å². The molecule has 6 heteroatoms. The highest BCUT2D eigenvalue weighted by atomic mass is 35.5. The van der Waals surface area contributed by atoms with Crippen molar-refractivity contribution >= 4 is 28.5 Å². The number of hydrogen-bond donors (Lipinski definition) is 2. The average Bonchev–Trinajstić information content (AvgIpc) is 2.78. The zero-order valence-corrected chi connectivity index (χ0v) is 17.6. The number of methoxy groups -OCH3 is 1. The van der Waals surface area contributed by atoms with Gasteiger partial charge in [-0.1, -0.05) is 48.0 Å². The number of benzene rings is 3. The van der Waals surface area contributed by atoms with Crippen LogP contribution in [0, 0.1) is 0 Å². The SMILES string of the molecule is CNc1ncc2c(-c3cccc(Cl)c3)cc(-c3ccc(CCO)cc3)c(OC)c2n1. The molecule has 152 valence electrons. The van der Waals surface area contributed by atoms with E-state index < -0.39 is 0 Å². The highest BCUT2D eigenvalue weighted by Gasteiger charge is 2.18. The van der Waals surface area contributed by atoms with Crippen LogP contribution >= 0.6 is 11.6 Å². The number of aliphatic hydroxyl groups is 1. The second-order valence-corrected chi connectivity index (χ2v) is 7.33. The Kier molecular flexibility index (Phi) is 5.84. The highest BCUT2D eigenvalue weighted by molar-refractivity contribution is 6.31. The fourth-order valence-corrected chi connectivity index (χ4v) is 3.77. The molecule has 0 aliphatic rings. The number of nitrogens with zero attached hydrogens (tertiary/aromatic N) is 2. The van der Waals surface area contributed by atoms with Crippen molar-refractivity contribution < 1.29 is 9.84 Å². The Hall–Kier alpha value is -3.15. The Morgan fingerprint density at radius 2 is 1.83 bits per heavy atom. The van der Waals surface area contributed by atoms with Crippen LogP contribution in [0.4, 0.5) is 5.95 Å². The Balaban J connectivity index is 2.01. The van der Waals surface area contributed by atoms with E-state index in [4.69, 9.17) is 21.3 Å². The predicted molar refractivity (Wildman–Crippen MR) is 122 cm³/mol. The van der Waals surface area contributed by atoms with Crippen molar-refractivity contribution in [3.05, 3.63) is 71.4 Å². The van der Waals surface area contributed by atoms with E-state index in [1.54, 1.807) is 20.4 Å². The van der Waals surface area contributed by atoms with Gasteiger partial charge in [-0.2, -0.15) is 0 Å². The molecule has 1 aromatic heterocycles. The third kappa shape index (κ3) is 3.82. The summed E-state index contributed by atoms with van der Waals surface area (Å²) in [4.78, 5) is 9.10. The molecule has 30 heavy (non-hydrogen) atoms. The van der Waals surface area contributed by atoms with Crippen LogP contribution in [0.3, 0.4) is 0 Å². The molecule has 0 atom stereocenters. The molecule has 0 spiro atoms. The lowest BCUT2D eigenvalue weighted by molar-refractivity contribution is 0.299. The van der Waals surface area contributed by atoms with Crippen molar-refractivity contribution in [2.24, 2.45) is 0 Å². The summed E-state index contributed by atoms with van der Waals surface area (Å²) >= 11 is 6.27. The summed E-state index contributed by atoms with van der Waals surface area (Å²) in [6.45, 7) is 0.126. The summed E-state index contributed by atoms with van der Waals surface area (Å²) in [6, 6.07) is 18.0. The van der Waals surface area contributed by atoms with Gasteiger partial charge in [0.2, 0.25) is 5.95 Å². The van der Waals surface area contributed by atoms with E-state index in [2.05, 4.69) is 16.4 Å².